The van der Waals surface area contributed by atoms with Crippen LogP contribution < -0.4 is 5.32 Å². The maximum absolute atomic E-state index is 5.96. The highest BCUT2D eigenvalue weighted by molar-refractivity contribution is 7.16. The lowest BCUT2D eigenvalue weighted by atomic mass is 10.0. The van der Waals surface area contributed by atoms with E-state index in [0.29, 0.717) is 6.04 Å². The summed E-state index contributed by atoms with van der Waals surface area (Å²) in [5.74, 6) is 0. The molecule has 19 heavy (non-hydrogen) atoms. The van der Waals surface area contributed by atoms with E-state index in [2.05, 4.69) is 20.9 Å². The third-order valence-electron chi connectivity index (χ3n) is 3.64. The molecule has 0 amide bonds. The number of hydrogen-bond acceptors (Lipinski definition) is 3. The number of halogens is 1. The van der Waals surface area contributed by atoms with E-state index in [0.717, 1.165) is 23.8 Å². The van der Waals surface area contributed by atoms with Crippen molar-refractivity contribution in [2.24, 2.45) is 0 Å². The fraction of sp³-hybridized carbons (Fsp3) is 0.500. The standard InChI is InChI=1S/C14H18ClN3S/c15-14-5-4-11(19-14)6-8-18-10-16-9-13(18)12-3-1-2-7-17-12/h4-5,9-10,12,17H,1-3,6-8H2. The minimum atomic E-state index is 0.475. The summed E-state index contributed by atoms with van der Waals surface area (Å²) in [5, 5.41) is 3.58. The quantitative estimate of drug-likeness (QED) is 0.933. The summed E-state index contributed by atoms with van der Waals surface area (Å²) >= 11 is 7.63. The number of piperidine rings is 1. The van der Waals surface area contributed by atoms with Crippen molar-refractivity contribution >= 4 is 22.9 Å². The predicted octanol–water partition coefficient (Wildman–Crippen LogP) is 3.66. The molecule has 1 atom stereocenters. The molecule has 0 saturated carbocycles. The average molecular weight is 296 g/mol. The summed E-state index contributed by atoms with van der Waals surface area (Å²) in [4.78, 5) is 5.65. The summed E-state index contributed by atoms with van der Waals surface area (Å²) in [6.45, 7) is 2.10. The number of aryl methyl sites for hydroxylation is 2. The minimum absolute atomic E-state index is 0.475. The molecule has 0 spiro atoms. The molecule has 0 bridgehead atoms. The van der Waals surface area contributed by atoms with Gasteiger partial charge in [0.25, 0.3) is 0 Å². The molecule has 1 saturated heterocycles. The van der Waals surface area contributed by atoms with Crippen LogP contribution in [0, 0.1) is 0 Å². The van der Waals surface area contributed by atoms with Crippen LogP contribution in [0.4, 0.5) is 0 Å². The van der Waals surface area contributed by atoms with Crippen LogP contribution in [-0.4, -0.2) is 16.1 Å². The summed E-state index contributed by atoms with van der Waals surface area (Å²) in [6.07, 6.45) is 8.79. The number of rotatable bonds is 4. The Morgan fingerprint density at radius 2 is 2.37 bits per heavy atom. The Morgan fingerprint density at radius 3 is 3.11 bits per heavy atom. The lowest BCUT2D eigenvalue weighted by molar-refractivity contribution is 0.393. The van der Waals surface area contributed by atoms with E-state index in [9.17, 15) is 0 Å². The number of nitrogens with zero attached hydrogens (tertiary/aromatic N) is 2. The molecule has 1 N–H and O–H groups in total. The van der Waals surface area contributed by atoms with Gasteiger partial charge in [0, 0.05) is 23.7 Å². The lowest BCUT2D eigenvalue weighted by Crippen LogP contribution is -2.28. The van der Waals surface area contributed by atoms with Crippen LogP contribution in [0.5, 0.6) is 0 Å². The second-order valence-corrected chi connectivity index (χ2v) is 6.77. The predicted molar refractivity (Wildman–Crippen MR) is 79.9 cm³/mol. The average Bonchev–Trinajstić information content (AvgIpc) is 3.06. The normalized spacial score (nSPS) is 19.7. The monoisotopic (exact) mass is 295 g/mol. The molecule has 1 unspecified atom stereocenters. The van der Waals surface area contributed by atoms with Crippen LogP contribution >= 0.6 is 22.9 Å². The maximum Gasteiger partial charge on any atom is 0.0948 e. The molecule has 1 aliphatic rings. The topological polar surface area (TPSA) is 29.9 Å². The van der Waals surface area contributed by atoms with Crippen molar-refractivity contribution in [3.8, 4) is 0 Å². The molecule has 3 heterocycles. The summed E-state index contributed by atoms with van der Waals surface area (Å²) in [7, 11) is 0. The van der Waals surface area contributed by atoms with Gasteiger partial charge in [-0.1, -0.05) is 18.0 Å². The first-order valence-electron chi connectivity index (χ1n) is 6.80. The van der Waals surface area contributed by atoms with E-state index < -0.39 is 0 Å². The Kier molecular flexibility index (Phi) is 4.21. The molecule has 1 aliphatic heterocycles. The summed E-state index contributed by atoms with van der Waals surface area (Å²) in [5.41, 5.74) is 1.32. The first kappa shape index (κ1) is 13.2. The van der Waals surface area contributed by atoms with Gasteiger partial charge in [-0.15, -0.1) is 11.3 Å². The largest absolute Gasteiger partial charge is 0.333 e. The maximum atomic E-state index is 5.96. The van der Waals surface area contributed by atoms with Crippen LogP contribution in [0.3, 0.4) is 0 Å². The Bertz CT molecular complexity index is 528. The van der Waals surface area contributed by atoms with Gasteiger partial charge < -0.3 is 9.88 Å². The van der Waals surface area contributed by atoms with Gasteiger partial charge in [0.15, 0.2) is 0 Å². The van der Waals surface area contributed by atoms with Gasteiger partial charge in [-0.2, -0.15) is 0 Å². The van der Waals surface area contributed by atoms with Gasteiger partial charge in [0.2, 0.25) is 0 Å². The highest BCUT2D eigenvalue weighted by atomic mass is 35.5. The Balaban J connectivity index is 1.66. The van der Waals surface area contributed by atoms with Crippen molar-refractivity contribution in [1.82, 2.24) is 14.9 Å². The van der Waals surface area contributed by atoms with Crippen molar-refractivity contribution in [3.63, 3.8) is 0 Å². The lowest BCUT2D eigenvalue weighted by Gasteiger charge is -2.24. The zero-order valence-corrected chi connectivity index (χ0v) is 12.4. The molecule has 3 rings (SSSR count). The second-order valence-electron chi connectivity index (χ2n) is 4.97. The van der Waals surface area contributed by atoms with Gasteiger partial charge >= 0.3 is 0 Å². The fourth-order valence-electron chi connectivity index (χ4n) is 2.63. The molecule has 5 heteroatoms. The van der Waals surface area contributed by atoms with Crippen molar-refractivity contribution in [2.75, 3.05) is 6.54 Å². The molecule has 3 nitrogen and oxygen atoms in total. The Hall–Kier alpha value is -0.840. The van der Waals surface area contributed by atoms with Crippen LogP contribution in [0.15, 0.2) is 24.7 Å². The van der Waals surface area contributed by atoms with Crippen LogP contribution in [-0.2, 0) is 13.0 Å². The first-order chi connectivity index (χ1) is 9.33. The molecule has 0 radical (unpaired) electrons. The zero-order valence-electron chi connectivity index (χ0n) is 10.8. The number of imidazole rings is 1. The van der Waals surface area contributed by atoms with Gasteiger partial charge in [-0.25, -0.2) is 4.98 Å². The fourth-order valence-corrected chi connectivity index (χ4v) is 3.71. The van der Waals surface area contributed by atoms with Crippen molar-refractivity contribution in [3.05, 3.63) is 39.6 Å². The van der Waals surface area contributed by atoms with Crippen molar-refractivity contribution in [2.45, 2.75) is 38.3 Å². The molecule has 1 fully saturated rings. The minimum Gasteiger partial charge on any atom is -0.333 e. The number of thiophene rings is 1. The van der Waals surface area contributed by atoms with Crippen molar-refractivity contribution < 1.29 is 0 Å². The van der Waals surface area contributed by atoms with Gasteiger partial charge in [0.1, 0.15) is 0 Å². The molecule has 0 aromatic carbocycles. The smallest absolute Gasteiger partial charge is 0.0948 e. The van der Waals surface area contributed by atoms with Crippen LogP contribution in [0.1, 0.15) is 35.9 Å². The van der Waals surface area contributed by atoms with E-state index in [1.807, 2.05) is 18.6 Å². The third-order valence-corrected chi connectivity index (χ3v) is 4.93. The van der Waals surface area contributed by atoms with E-state index in [4.69, 9.17) is 11.6 Å². The number of aromatic nitrogens is 2. The van der Waals surface area contributed by atoms with E-state index in [1.54, 1.807) is 11.3 Å². The second kappa shape index (κ2) is 6.07. The zero-order chi connectivity index (χ0) is 13.1. The van der Waals surface area contributed by atoms with Gasteiger partial charge in [-0.3, -0.25) is 0 Å². The van der Waals surface area contributed by atoms with E-state index in [1.165, 1.54) is 29.8 Å². The molecular formula is C14H18ClN3S. The molecule has 2 aromatic heterocycles. The van der Waals surface area contributed by atoms with E-state index >= 15 is 0 Å². The van der Waals surface area contributed by atoms with Crippen LogP contribution in [0.25, 0.3) is 0 Å². The number of hydrogen-bond donors (Lipinski definition) is 1. The SMILES string of the molecule is Clc1ccc(CCn2cncc2C2CCCCN2)s1. The highest BCUT2D eigenvalue weighted by Gasteiger charge is 2.18. The van der Waals surface area contributed by atoms with Gasteiger partial charge in [0.05, 0.1) is 16.4 Å². The molecule has 102 valence electrons. The molecular weight excluding hydrogens is 278 g/mol. The van der Waals surface area contributed by atoms with Crippen molar-refractivity contribution in [1.29, 1.82) is 0 Å². The Labute approximate surface area is 122 Å². The van der Waals surface area contributed by atoms with Gasteiger partial charge in [-0.05, 0) is 37.9 Å². The number of nitrogens with one attached hydrogen (secondary N) is 1. The molecule has 2 aromatic rings. The Morgan fingerprint density at radius 1 is 1.42 bits per heavy atom. The van der Waals surface area contributed by atoms with Crippen LogP contribution in [0.2, 0.25) is 4.34 Å². The van der Waals surface area contributed by atoms with E-state index in [-0.39, 0.29) is 0 Å². The highest BCUT2D eigenvalue weighted by Crippen LogP contribution is 2.24. The first-order valence-corrected chi connectivity index (χ1v) is 8.00. The summed E-state index contributed by atoms with van der Waals surface area (Å²) in [6, 6.07) is 4.56. The molecule has 0 aliphatic carbocycles. The summed E-state index contributed by atoms with van der Waals surface area (Å²) < 4.78 is 3.14. The third kappa shape index (κ3) is 3.19.